The summed E-state index contributed by atoms with van der Waals surface area (Å²) >= 11 is 0. The zero-order chi connectivity index (χ0) is 37.7. The summed E-state index contributed by atoms with van der Waals surface area (Å²) in [6, 6.07) is 3.00. The van der Waals surface area contributed by atoms with Crippen molar-refractivity contribution in [1.82, 2.24) is 4.98 Å². The predicted octanol–water partition coefficient (Wildman–Crippen LogP) is 4.10. The summed E-state index contributed by atoms with van der Waals surface area (Å²) < 4.78 is 29.5. The van der Waals surface area contributed by atoms with Crippen molar-refractivity contribution in [2.45, 2.75) is 111 Å². The van der Waals surface area contributed by atoms with Crippen LogP contribution in [0.4, 0.5) is 0 Å². The SMILES string of the molecule is C=C1[C@H](OC(=O)C(C)C)[C@@H](OC(C)=O)[C@@H](OC(=O)c2cccnc2)C(C)(C)/C=C/[C@@H](C)C(=O)[C@@]2(O)C[C@H](C)[C@H](OC(=O)CC)[C@@H]2[C@H]1OC(C)=O. The molecule has 9 atom stereocenters. The van der Waals surface area contributed by atoms with E-state index < -0.39 is 101 Å². The van der Waals surface area contributed by atoms with Crippen LogP contribution in [0, 0.1) is 29.1 Å². The Bertz CT molecular complexity index is 1500. The number of fused-ring (bicyclic) bond motifs is 1. The number of rotatable bonds is 8. The lowest BCUT2D eigenvalue weighted by molar-refractivity contribution is -0.186. The smallest absolute Gasteiger partial charge is 0.340 e. The van der Waals surface area contributed by atoms with Gasteiger partial charge < -0.3 is 28.8 Å². The molecular formula is C37H49NO12. The van der Waals surface area contributed by atoms with E-state index in [4.69, 9.17) is 23.7 Å². The Labute approximate surface area is 292 Å². The van der Waals surface area contributed by atoms with Gasteiger partial charge in [0.05, 0.1) is 17.4 Å². The third kappa shape index (κ3) is 8.85. The lowest BCUT2D eigenvalue weighted by atomic mass is 9.72. The molecule has 1 N–H and O–H groups in total. The van der Waals surface area contributed by atoms with Crippen molar-refractivity contribution in [3.8, 4) is 0 Å². The standard InChI is InChI=1S/C37H49NO12/c1-11-26(41)48-28-21(5)17-37(45)27(28)29(46-23(7)39)22(6)30(49-34(43)19(2)3)31(47-24(8)40)33(36(9,10)15-14-20(4)32(37)42)50-35(44)25-13-12-16-38-18-25/h12-16,18-21,27-31,33,45H,6,11,17H2,1-5,7-10H3/b15-14+/t20-,21+,27-,28+,29+,30+,31-,33-,37-/m1/s1. The number of aromatic nitrogens is 1. The van der Waals surface area contributed by atoms with Gasteiger partial charge in [-0.1, -0.05) is 67.2 Å². The molecule has 3 rings (SSSR count). The fourth-order valence-corrected chi connectivity index (χ4v) is 6.57. The van der Waals surface area contributed by atoms with Crippen LogP contribution in [0.5, 0.6) is 0 Å². The zero-order valence-electron chi connectivity index (χ0n) is 30.2. The molecule has 0 aromatic carbocycles. The predicted molar refractivity (Wildman–Crippen MR) is 178 cm³/mol. The number of ether oxygens (including phenoxy) is 5. The van der Waals surface area contributed by atoms with Crippen molar-refractivity contribution in [2.24, 2.45) is 29.1 Å². The number of nitrogens with zero attached hydrogens (tertiary/aromatic N) is 1. The van der Waals surface area contributed by atoms with Gasteiger partial charge in [0.2, 0.25) is 0 Å². The number of carbonyl (C=O) groups excluding carboxylic acids is 6. The number of aliphatic hydroxyl groups is 1. The van der Waals surface area contributed by atoms with Crippen LogP contribution in [-0.2, 0) is 47.7 Å². The van der Waals surface area contributed by atoms with Crippen molar-refractivity contribution < 1.29 is 57.6 Å². The van der Waals surface area contributed by atoms with Crippen molar-refractivity contribution in [2.75, 3.05) is 0 Å². The highest BCUT2D eigenvalue weighted by Crippen LogP contribution is 2.49. The fraction of sp³-hybridized carbons (Fsp3) is 0.595. The van der Waals surface area contributed by atoms with Crippen molar-refractivity contribution >= 4 is 35.6 Å². The summed E-state index contributed by atoms with van der Waals surface area (Å²) in [6.07, 6.45) is -1.86. The number of hydrogen-bond donors (Lipinski definition) is 1. The van der Waals surface area contributed by atoms with E-state index in [1.54, 1.807) is 54.5 Å². The molecule has 0 spiro atoms. The molecule has 0 unspecified atom stereocenters. The summed E-state index contributed by atoms with van der Waals surface area (Å²) in [5, 5.41) is 12.4. The topological polar surface area (TPSA) is 182 Å². The molecule has 1 aromatic heterocycles. The van der Waals surface area contributed by atoms with Gasteiger partial charge in [0.25, 0.3) is 0 Å². The zero-order valence-corrected chi connectivity index (χ0v) is 30.2. The second-order valence-corrected chi connectivity index (χ2v) is 14.0. The molecule has 274 valence electrons. The molecule has 2 aliphatic rings. The molecule has 2 aliphatic carbocycles. The van der Waals surface area contributed by atoms with Gasteiger partial charge in [-0.25, -0.2) is 4.79 Å². The van der Waals surface area contributed by atoms with Crippen LogP contribution in [0.3, 0.4) is 0 Å². The third-order valence-electron chi connectivity index (χ3n) is 9.14. The Hall–Kier alpha value is -4.39. The van der Waals surface area contributed by atoms with Gasteiger partial charge in [-0.3, -0.25) is 29.0 Å². The number of pyridine rings is 1. The lowest BCUT2D eigenvalue weighted by Gasteiger charge is -2.44. The number of Topliss-reactive ketones (excluding diaryl/α,β-unsaturated/α-hetero) is 1. The van der Waals surface area contributed by atoms with Gasteiger partial charge in [0.15, 0.2) is 24.1 Å². The molecule has 1 aromatic rings. The monoisotopic (exact) mass is 699 g/mol. The van der Waals surface area contributed by atoms with Gasteiger partial charge >= 0.3 is 29.8 Å². The van der Waals surface area contributed by atoms with E-state index in [1.165, 1.54) is 30.6 Å². The number of ketones is 1. The maximum atomic E-state index is 14.3. The highest BCUT2D eigenvalue weighted by Gasteiger charge is 2.63. The maximum absolute atomic E-state index is 14.3. The van der Waals surface area contributed by atoms with Gasteiger partial charge in [0.1, 0.15) is 17.8 Å². The van der Waals surface area contributed by atoms with E-state index in [2.05, 4.69) is 11.6 Å². The van der Waals surface area contributed by atoms with E-state index in [9.17, 15) is 33.9 Å². The minimum Gasteiger partial charge on any atom is -0.461 e. The largest absolute Gasteiger partial charge is 0.461 e. The normalized spacial score (nSPS) is 31.7. The van der Waals surface area contributed by atoms with E-state index in [0.29, 0.717) is 0 Å². The first-order chi connectivity index (χ1) is 23.2. The van der Waals surface area contributed by atoms with Gasteiger partial charge in [-0.15, -0.1) is 0 Å². The molecule has 1 heterocycles. The number of carbonyl (C=O) groups is 6. The van der Waals surface area contributed by atoms with Crippen molar-refractivity contribution in [1.29, 1.82) is 0 Å². The molecule has 13 nitrogen and oxygen atoms in total. The van der Waals surface area contributed by atoms with Crippen LogP contribution < -0.4 is 0 Å². The van der Waals surface area contributed by atoms with E-state index in [1.807, 2.05) is 0 Å². The Morgan fingerprint density at radius 3 is 2.16 bits per heavy atom. The molecule has 0 bridgehead atoms. The molecular weight excluding hydrogens is 650 g/mol. The fourth-order valence-electron chi connectivity index (χ4n) is 6.57. The summed E-state index contributed by atoms with van der Waals surface area (Å²) in [4.78, 5) is 83.6. The summed E-state index contributed by atoms with van der Waals surface area (Å²) in [7, 11) is 0. The first-order valence-corrected chi connectivity index (χ1v) is 16.7. The molecule has 13 heteroatoms. The Balaban J connectivity index is 2.42. The molecule has 50 heavy (non-hydrogen) atoms. The molecule has 1 fully saturated rings. The first-order valence-electron chi connectivity index (χ1n) is 16.7. The van der Waals surface area contributed by atoms with Gasteiger partial charge in [-0.2, -0.15) is 0 Å². The molecule has 0 amide bonds. The van der Waals surface area contributed by atoms with Gasteiger partial charge in [0, 0.05) is 49.6 Å². The van der Waals surface area contributed by atoms with E-state index in [-0.39, 0.29) is 24.0 Å². The van der Waals surface area contributed by atoms with Crippen molar-refractivity contribution in [3.05, 3.63) is 54.4 Å². The second kappa shape index (κ2) is 16.1. The molecule has 0 radical (unpaired) electrons. The Morgan fingerprint density at radius 1 is 0.980 bits per heavy atom. The molecule has 0 saturated heterocycles. The number of hydrogen-bond acceptors (Lipinski definition) is 13. The maximum Gasteiger partial charge on any atom is 0.340 e. The second-order valence-electron chi connectivity index (χ2n) is 14.0. The van der Waals surface area contributed by atoms with E-state index in [0.717, 1.165) is 13.8 Å². The van der Waals surface area contributed by atoms with Crippen LogP contribution in [0.15, 0.2) is 48.8 Å². The minimum atomic E-state index is -2.23. The number of esters is 5. The Morgan fingerprint density at radius 2 is 1.62 bits per heavy atom. The average molecular weight is 700 g/mol. The van der Waals surface area contributed by atoms with Crippen LogP contribution >= 0.6 is 0 Å². The highest BCUT2D eigenvalue weighted by atomic mass is 16.6. The minimum absolute atomic E-state index is 0.0249. The molecule has 1 saturated carbocycles. The first kappa shape index (κ1) is 40.0. The molecule has 0 aliphatic heterocycles. The van der Waals surface area contributed by atoms with Crippen molar-refractivity contribution in [3.63, 3.8) is 0 Å². The van der Waals surface area contributed by atoms with Crippen LogP contribution in [0.2, 0.25) is 0 Å². The summed E-state index contributed by atoms with van der Waals surface area (Å²) in [6.45, 7) is 17.7. The average Bonchev–Trinajstić information content (AvgIpc) is 3.30. The Kier molecular flexibility index (Phi) is 12.9. The number of allylic oxidation sites excluding steroid dienone is 1. The summed E-state index contributed by atoms with van der Waals surface area (Å²) in [5.74, 6) is -8.33. The summed E-state index contributed by atoms with van der Waals surface area (Å²) in [5.41, 5.74) is -3.63. The van der Waals surface area contributed by atoms with Gasteiger partial charge in [-0.05, 0) is 24.5 Å². The quantitative estimate of drug-likeness (QED) is 0.233. The van der Waals surface area contributed by atoms with Crippen LogP contribution in [0.25, 0.3) is 0 Å². The highest BCUT2D eigenvalue weighted by molar-refractivity contribution is 5.92. The van der Waals surface area contributed by atoms with E-state index >= 15 is 0 Å². The lowest BCUT2D eigenvalue weighted by Crippen LogP contribution is -2.58. The third-order valence-corrected chi connectivity index (χ3v) is 9.14. The van der Waals surface area contributed by atoms with Crippen LogP contribution in [0.1, 0.15) is 85.5 Å². The van der Waals surface area contributed by atoms with Crippen LogP contribution in [-0.4, -0.2) is 81.8 Å².